The van der Waals surface area contributed by atoms with E-state index < -0.39 is 0 Å². The fourth-order valence-corrected chi connectivity index (χ4v) is 3.56. The van der Waals surface area contributed by atoms with Gasteiger partial charge in [-0.3, -0.25) is 9.89 Å². The second-order valence-corrected chi connectivity index (χ2v) is 6.97. The molecule has 0 bridgehead atoms. The second kappa shape index (κ2) is 12.0. The molecule has 0 radical (unpaired) electrons. The highest BCUT2D eigenvalue weighted by Gasteiger charge is 2.24. The summed E-state index contributed by atoms with van der Waals surface area (Å²) >= 11 is 0. The Kier molecular flexibility index (Phi) is 9.66. The molecule has 5 nitrogen and oxygen atoms in total. The third-order valence-corrected chi connectivity index (χ3v) is 5.12. The van der Waals surface area contributed by atoms with Crippen LogP contribution in [0.25, 0.3) is 0 Å². The number of likely N-dealkylation sites (tertiary alicyclic amines) is 1. The molecule has 2 aromatic rings. The van der Waals surface area contributed by atoms with Crippen molar-refractivity contribution in [1.82, 2.24) is 15.5 Å². The lowest BCUT2D eigenvalue weighted by Gasteiger charge is -2.29. The average molecular weight is 512 g/mol. The summed E-state index contributed by atoms with van der Waals surface area (Å²) in [4.78, 5) is 6.83. The van der Waals surface area contributed by atoms with Gasteiger partial charge in [0.1, 0.15) is 11.6 Å². The zero-order valence-corrected chi connectivity index (χ0v) is 19.4. The number of hydrogen-bond donors (Lipinski definition) is 2. The van der Waals surface area contributed by atoms with E-state index in [0.29, 0.717) is 6.54 Å². The molecule has 7 heteroatoms. The third-order valence-electron chi connectivity index (χ3n) is 5.12. The van der Waals surface area contributed by atoms with Crippen LogP contribution < -0.4 is 15.4 Å². The molecule has 1 fully saturated rings. The van der Waals surface area contributed by atoms with Crippen LogP contribution >= 0.6 is 24.0 Å². The summed E-state index contributed by atoms with van der Waals surface area (Å²) in [6.07, 6.45) is 2.47. The van der Waals surface area contributed by atoms with Gasteiger partial charge in [-0.1, -0.05) is 24.3 Å². The van der Waals surface area contributed by atoms with E-state index in [4.69, 9.17) is 4.74 Å². The maximum Gasteiger partial charge on any atom is 0.191 e. The minimum atomic E-state index is -0.224. The molecule has 1 atom stereocenters. The van der Waals surface area contributed by atoms with Crippen molar-refractivity contribution in [2.45, 2.75) is 25.4 Å². The van der Waals surface area contributed by atoms with Gasteiger partial charge in [-0.05, 0) is 61.3 Å². The van der Waals surface area contributed by atoms with E-state index in [0.717, 1.165) is 36.9 Å². The lowest BCUT2D eigenvalue weighted by molar-refractivity contribution is 0.245. The van der Waals surface area contributed by atoms with Crippen LogP contribution in [0.1, 0.15) is 30.0 Å². The number of halogens is 2. The van der Waals surface area contributed by atoms with Crippen molar-refractivity contribution in [2.75, 3.05) is 33.8 Å². The molecule has 158 valence electrons. The van der Waals surface area contributed by atoms with Gasteiger partial charge in [0.05, 0.1) is 13.2 Å². The van der Waals surface area contributed by atoms with Gasteiger partial charge < -0.3 is 15.4 Å². The standard InChI is InChI=1S/C22H29FN4O.HI/c1-24-22(25-15-17-8-10-19(23)11-9-17)26-16-21(27-12-3-4-13-27)18-6-5-7-20(14-18)28-2;/h5-11,14,21H,3-4,12-13,15-16H2,1-2H3,(H2,24,25,26);1H. The molecule has 1 aliphatic heterocycles. The van der Waals surface area contributed by atoms with Crippen LogP contribution in [0.3, 0.4) is 0 Å². The highest BCUT2D eigenvalue weighted by atomic mass is 127. The number of rotatable bonds is 7. The summed E-state index contributed by atoms with van der Waals surface area (Å²) in [5, 5.41) is 6.74. The highest BCUT2D eigenvalue weighted by molar-refractivity contribution is 14.0. The monoisotopic (exact) mass is 512 g/mol. The van der Waals surface area contributed by atoms with E-state index >= 15 is 0 Å². The second-order valence-electron chi connectivity index (χ2n) is 6.97. The predicted molar refractivity (Wildman–Crippen MR) is 127 cm³/mol. The summed E-state index contributed by atoms with van der Waals surface area (Å²) in [5.74, 6) is 1.38. The van der Waals surface area contributed by atoms with Gasteiger partial charge in [0.15, 0.2) is 5.96 Å². The quantitative estimate of drug-likeness (QED) is 0.335. The largest absolute Gasteiger partial charge is 0.497 e. The van der Waals surface area contributed by atoms with Gasteiger partial charge in [-0.25, -0.2) is 4.39 Å². The average Bonchev–Trinajstić information content (AvgIpc) is 3.26. The van der Waals surface area contributed by atoms with Gasteiger partial charge >= 0.3 is 0 Å². The molecular weight excluding hydrogens is 482 g/mol. The van der Waals surface area contributed by atoms with Gasteiger partial charge in [-0.15, -0.1) is 24.0 Å². The molecule has 29 heavy (non-hydrogen) atoms. The van der Waals surface area contributed by atoms with E-state index in [1.54, 1.807) is 26.3 Å². The Bertz CT molecular complexity index is 779. The molecule has 0 aliphatic carbocycles. The Morgan fingerprint density at radius 3 is 2.52 bits per heavy atom. The maximum atomic E-state index is 13.1. The zero-order valence-electron chi connectivity index (χ0n) is 17.0. The number of methoxy groups -OCH3 is 1. The molecule has 1 saturated heterocycles. The van der Waals surface area contributed by atoms with Crippen LogP contribution in [-0.4, -0.2) is 44.7 Å². The Labute approximate surface area is 189 Å². The Hall–Kier alpha value is -1.87. The normalized spacial score (nSPS) is 15.5. The fraction of sp³-hybridized carbons (Fsp3) is 0.409. The Morgan fingerprint density at radius 1 is 1.14 bits per heavy atom. The molecule has 1 unspecified atom stereocenters. The highest BCUT2D eigenvalue weighted by Crippen LogP contribution is 2.27. The Morgan fingerprint density at radius 2 is 1.86 bits per heavy atom. The van der Waals surface area contributed by atoms with Crippen molar-refractivity contribution in [3.05, 3.63) is 65.5 Å². The summed E-state index contributed by atoms with van der Waals surface area (Å²) < 4.78 is 18.5. The van der Waals surface area contributed by atoms with Gasteiger partial charge in [-0.2, -0.15) is 0 Å². The molecule has 2 aromatic carbocycles. The number of nitrogens with one attached hydrogen (secondary N) is 2. The fourth-order valence-electron chi connectivity index (χ4n) is 3.56. The predicted octanol–water partition coefficient (Wildman–Crippen LogP) is 3.95. The summed E-state index contributed by atoms with van der Waals surface area (Å²) in [6, 6.07) is 15.0. The van der Waals surface area contributed by atoms with Crippen molar-refractivity contribution >= 4 is 29.9 Å². The van der Waals surface area contributed by atoms with Crippen LogP contribution in [-0.2, 0) is 6.54 Å². The summed E-state index contributed by atoms with van der Waals surface area (Å²) in [5.41, 5.74) is 2.25. The number of ether oxygens (including phenoxy) is 1. The SMILES string of the molecule is CN=C(NCc1ccc(F)cc1)NCC(c1cccc(OC)c1)N1CCCC1.I. The van der Waals surface area contributed by atoms with Crippen molar-refractivity contribution < 1.29 is 9.13 Å². The number of aliphatic imine (C=N–C) groups is 1. The lowest BCUT2D eigenvalue weighted by atomic mass is 10.1. The van der Waals surface area contributed by atoms with Crippen LogP contribution in [0.4, 0.5) is 4.39 Å². The minimum Gasteiger partial charge on any atom is -0.497 e. The first-order valence-corrected chi connectivity index (χ1v) is 9.76. The number of nitrogens with zero attached hydrogens (tertiary/aromatic N) is 2. The van der Waals surface area contributed by atoms with Crippen LogP contribution in [0.15, 0.2) is 53.5 Å². The first kappa shape index (κ1) is 23.4. The van der Waals surface area contributed by atoms with Crippen molar-refractivity contribution in [1.29, 1.82) is 0 Å². The Balaban J connectivity index is 0.00000300. The molecule has 3 rings (SSSR count). The molecule has 1 aliphatic rings. The van der Waals surface area contributed by atoms with E-state index in [-0.39, 0.29) is 35.8 Å². The van der Waals surface area contributed by atoms with Crippen LogP contribution in [0.2, 0.25) is 0 Å². The maximum absolute atomic E-state index is 13.1. The summed E-state index contributed by atoms with van der Waals surface area (Å²) in [6.45, 7) is 3.54. The van der Waals surface area contributed by atoms with Crippen LogP contribution in [0, 0.1) is 5.82 Å². The number of hydrogen-bond acceptors (Lipinski definition) is 3. The third kappa shape index (κ3) is 6.85. The van der Waals surface area contributed by atoms with Crippen molar-refractivity contribution in [2.24, 2.45) is 4.99 Å². The summed E-state index contributed by atoms with van der Waals surface area (Å²) in [7, 11) is 3.46. The first-order chi connectivity index (χ1) is 13.7. The van der Waals surface area contributed by atoms with E-state index in [9.17, 15) is 4.39 Å². The first-order valence-electron chi connectivity index (χ1n) is 9.76. The molecule has 1 heterocycles. The van der Waals surface area contributed by atoms with Crippen LogP contribution in [0.5, 0.6) is 5.75 Å². The van der Waals surface area contributed by atoms with Crippen molar-refractivity contribution in [3.63, 3.8) is 0 Å². The van der Waals surface area contributed by atoms with E-state index in [2.05, 4.69) is 32.7 Å². The minimum absolute atomic E-state index is 0. The number of benzene rings is 2. The van der Waals surface area contributed by atoms with Gasteiger partial charge in [0.25, 0.3) is 0 Å². The molecule has 0 aromatic heterocycles. The van der Waals surface area contributed by atoms with Gasteiger partial charge in [0, 0.05) is 20.1 Å². The van der Waals surface area contributed by atoms with Crippen molar-refractivity contribution in [3.8, 4) is 5.75 Å². The molecule has 0 saturated carbocycles. The lowest BCUT2D eigenvalue weighted by Crippen LogP contribution is -2.42. The molecule has 0 spiro atoms. The molecular formula is C22H30FIN4O. The molecule has 0 amide bonds. The van der Waals surface area contributed by atoms with Gasteiger partial charge in [0.2, 0.25) is 0 Å². The zero-order chi connectivity index (χ0) is 19.8. The topological polar surface area (TPSA) is 48.9 Å². The van der Waals surface area contributed by atoms with E-state index in [1.807, 2.05) is 12.1 Å². The van der Waals surface area contributed by atoms with E-state index in [1.165, 1.54) is 30.5 Å². The molecule has 2 N–H and O–H groups in total. The smallest absolute Gasteiger partial charge is 0.191 e. The number of guanidine groups is 1.